The molecular weight excluding hydrogens is 280 g/mol. The fourth-order valence-electron chi connectivity index (χ4n) is 2.47. The third-order valence-electron chi connectivity index (χ3n) is 3.65. The van der Waals surface area contributed by atoms with Crippen molar-refractivity contribution in [2.24, 2.45) is 0 Å². The standard InChI is InChI=1S/C12H10.C10H8O/c1-3-7-11(8-4-1)12-9-5-2-6-10-12;11-10-7-3-5-8-4-1-2-6-9(8)10/h1-10H;1-7,11H. The minimum atomic E-state index is 0.350. The summed E-state index contributed by atoms with van der Waals surface area (Å²) >= 11 is 0. The van der Waals surface area contributed by atoms with Gasteiger partial charge >= 0.3 is 0 Å². The van der Waals surface area contributed by atoms with E-state index in [-0.39, 0.29) is 0 Å². The highest BCUT2D eigenvalue weighted by molar-refractivity contribution is 5.87. The molecule has 1 N–H and O–H groups in total. The van der Waals surface area contributed by atoms with Gasteiger partial charge in [0.15, 0.2) is 0 Å². The van der Waals surface area contributed by atoms with E-state index in [0.29, 0.717) is 5.75 Å². The molecule has 0 fully saturated rings. The van der Waals surface area contributed by atoms with Crippen molar-refractivity contribution in [3.63, 3.8) is 0 Å². The topological polar surface area (TPSA) is 20.2 Å². The first-order valence-electron chi connectivity index (χ1n) is 7.62. The molecule has 0 aliphatic rings. The van der Waals surface area contributed by atoms with Crippen molar-refractivity contribution in [2.45, 2.75) is 0 Å². The lowest BCUT2D eigenvalue weighted by molar-refractivity contribution is 0.481. The fourth-order valence-corrected chi connectivity index (χ4v) is 2.47. The Morgan fingerprint density at radius 1 is 0.435 bits per heavy atom. The molecule has 0 aromatic heterocycles. The third-order valence-corrected chi connectivity index (χ3v) is 3.65. The Kier molecular flexibility index (Phi) is 4.70. The summed E-state index contributed by atoms with van der Waals surface area (Å²) in [6.45, 7) is 0. The van der Waals surface area contributed by atoms with Gasteiger partial charge in [-0.2, -0.15) is 0 Å². The van der Waals surface area contributed by atoms with Gasteiger partial charge in [0.1, 0.15) is 5.75 Å². The molecule has 0 heterocycles. The summed E-state index contributed by atoms with van der Waals surface area (Å²) in [7, 11) is 0. The van der Waals surface area contributed by atoms with Crippen LogP contribution in [0.4, 0.5) is 0 Å². The second-order valence-electron chi connectivity index (χ2n) is 5.23. The number of phenols is 1. The van der Waals surface area contributed by atoms with Gasteiger partial charge in [0.05, 0.1) is 0 Å². The van der Waals surface area contributed by atoms with E-state index in [9.17, 15) is 5.11 Å². The molecule has 4 aromatic rings. The number of fused-ring (bicyclic) bond motifs is 1. The van der Waals surface area contributed by atoms with Gasteiger partial charge in [-0.1, -0.05) is 97.1 Å². The van der Waals surface area contributed by atoms with Gasteiger partial charge in [0.25, 0.3) is 0 Å². The predicted octanol–water partition coefficient (Wildman–Crippen LogP) is 5.90. The fraction of sp³-hybridized carbons (Fsp3) is 0. The van der Waals surface area contributed by atoms with Crippen LogP contribution in [-0.2, 0) is 0 Å². The molecule has 0 aliphatic carbocycles. The van der Waals surface area contributed by atoms with Crippen molar-refractivity contribution >= 4 is 10.8 Å². The van der Waals surface area contributed by atoms with Crippen molar-refractivity contribution in [1.82, 2.24) is 0 Å². The number of phenolic OH excluding ortho intramolecular Hbond substituents is 1. The van der Waals surface area contributed by atoms with Crippen LogP contribution in [0.1, 0.15) is 0 Å². The molecule has 0 saturated carbocycles. The first kappa shape index (κ1) is 14.9. The largest absolute Gasteiger partial charge is 0.507 e. The summed E-state index contributed by atoms with van der Waals surface area (Å²) < 4.78 is 0. The van der Waals surface area contributed by atoms with Crippen molar-refractivity contribution in [3.8, 4) is 16.9 Å². The summed E-state index contributed by atoms with van der Waals surface area (Å²) in [5.74, 6) is 0.350. The Balaban J connectivity index is 0.000000136. The van der Waals surface area contributed by atoms with Crippen molar-refractivity contribution in [1.29, 1.82) is 0 Å². The van der Waals surface area contributed by atoms with Crippen LogP contribution < -0.4 is 0 Å². The van der Waals surface area contributed by atoms with E-state index in [2.05, 4.69) is 48.5 Å². The predicted molar refractivity (Wildman–Crippen MR) is 97.5 cm³/mol. The number of hydrogen-bond donors (Lipinski definition) is 1. The summed E-state index contributed by atoms with van der Waals surface area (Å²) in [5.41, 5.74) is 2.55. The smallest absolute Gasteiger partial charge is 0.123 e. The molecule has 4 rings (SSSR count). The zero-order valence-corrected chi connectivity index (χ0v) is 12.8. The Labute approximate surface area is 136 Å². The molecule has 0 unspecified atom stereocenters. The van der Waals surface area contributed by atoms with Crippen LogP contribution >= 0.6 is 0 Å². The van der Waals surface area contributed by atoms with Crippen LogP contribution in [0.15, 0.2) is 103 Å². The first-order chi connectivity index (χ1) is 11.3. The van der Waals surface area contributed by atoms with E-state index in [4.69, 9.17) is 0 Å². The molecule has 23 heavy (non-hydrogen) atoms. The van der Waals surface area contributed by atoms with E-state index in [1.165, 1.54) is 11.1 Å². The molecular formula is C22H18O. The van der Waals surface area contributed by atoms with Crippen molar-refractivity contribution < 1.29 is 5.11 Å². The van der Waals surface area contributed by atoms with E-state index >= 15 is 0 Å². The van der Waals surface area contributed by atoms with Crippen LogP contribution in [0.25, 0.3) is 21.9 Å². The Hall–Kier alpha value is -3.06. The molecule has 0 amide bonds. The quantitative estimate of drug-likeness (QED) is 0.464. The summed E-state index contributed by atoms with van der Waals surface area (Å²) in [6, 6.07) is 34.1. The average Bonchev–Trinajstić information content (AvgIpc) is 2.64. The number of hydrogen-bond acceptors (Lipinski definition) is 1. The minimum Gasteiger partial charge on any atom is -0.507 e. The Bertz CT molecular complexity index is 825. The summed E-state index contributed by atoms with van der Waals surface area (Å²) in [4.78, 5) is 0. The molecule has 0 aliphatic heterocycles. The second kappa shape index (κ2) is 7.28. The molecule has 0 atom stereocenters. The highest BCUT2D eigenvalue weighted by Gasteiger charge is 1.94. The van der Waals surface area contributed by atoms with Gasteiger partial charge in [0, 0.05) is 5.39 Å². The lowest BCUT2D eigenvalue weighted by atomic mass is 10.1. The van der Waals surface area contributed by atoms with E-state index in [1.807, 2.05) is 48.5 Å². The summed E-state index contributed by atoms with van der Waals surface area (Å²) in [5, 5.41) is 11.4. The normalized spacial score (nSPS) is 9.91. The monoisotopic (exact) mass is 298 g/mol. The van der Waals surface area contributed by atoms with Crippen LogP contribution in [-0.4, -0.2) is 5.11 Å². The number of aromatic hydroxyl groups is 1. The average molecular weight is 298 g/mol. The maximum absolute atomic E-state index is 9.37. The SMILES string of the molecule is Oc1cccc2ccccc12.c1ccc(-c2ccccc2)cc1. The third kappa shape index (κ3) is 3.78. The van der Waals surface area contributed by atoms with Crippen molar-refractivity contribution in [2.75, 3.05) is 0 Å². The lowest BCUT2D eigenvalue weighted by Gasteiger charge is -1.98. The van der Waals surface area contributed by atoms with Gasteiger partial charge in [0.2, 0.25) is 0 Å². The zero-order chi connectivity index (χ0) is 15.9. The Morgan fingerprint density at radius 3 is 1.48 bits per heavy atom. The second-order valence-corrected chi connectivity index (χ2v) is 5.23. The van der Waals surface area contributed by atoms with Crippen LogP contribution in [0.3, 0.4) is 0 Å². The minimum absolute atomic E-state index is 0.350. The molecule has 0 saturated heterocycles. The van der Waals surface area contributed by atoms with E-state index in [1.54, 1.807) is 6.07 Å². The highest BCUT2D eigenvalue weighted by Crippen LogP contribution is 2.23. The van der Waals surface area contributed by atoms with Crippen LogP contribution in [0.5, 0.6) is 5.75 Å². The maximum atomic E-state index is 9.37. The number of rotatable bonds is 1. The van der Waals surface area contributed by atoms with Gasteiger partial charge < -0.3 is 5.11 Å². The molecule has 4 aromatic carbocycles. The van der Waals surface area contributed by atoms with E-state index in [0.717, 1.165) is 10.8 Å². The highest BCUT2D eigenvalue weighted by atomic mass is 16.3. The maximum Gasteiger partial charge on any atom is 0.123 e. The van der Waals surface area contributed by atoms with Crippen LogP contribution in [0, 0.1) is 0 Å². The first-order valence-corrected chi connectivity index (χ1v) is 7.62. The summed E-state index contributed by atoms with van der Waals surface area (Å²) in [6.07, 6.45) is 0. The van der Waals surface area contributed by atoms with E-state index < -0.39 is 0 Å². The number of benzene rings is 4. The van der Waals surface area contributed by atoms with Gasteiger partial charge in [-0.3, -0.25) is 0 Å². The van der Waals surface area contributed by atoms with Gasteiger partial charge in [-0.25, -0.2) is 0 Å². The molecule has 0 radical (unpaired) electrons. The lowest BCUT2D eigenvalue weighted by Crippen LogP contribution is -1.73. The Morgan fingerprint density at radius 2 is 0.913 bits per heavy atom. The molecule has 112 valence electrons. The van der Waals surface area contributed by atoms with Gasteiger partial charge in [-0.15, -0.1) is 0 Å². The van der Waals surface area contributed by atoms with Crippen molar-refractivity contribution in [3.05, 3.63) is 103 Å². The molecule has 1 nitrogen and oxygen atoms in total. The molecule has 1 heteroatoms. The molecule has 0 spiro atoms. The van der Waals surface area contributed by atoms with Crippen LogP contribution in [0.2, 0.25) is 0 Å². The zero-order valence-electron chi connectivity index (χ0n) is 12.8. The van der Waals surface area contributed by atoms with Gasteiger partial charge in [-0.05, 0) is 22.6 Å². The molecule has 0 bridgehead atoms.